The summed E-state index contributed by atoms with van der Waals surface area (Å²) in [6.45, 7) is 12.3. The molecular formula is C19H32NO3+. The standard InChI is InChI=1S/C19H32NO3/c1-14(2)12-16(18(22)23-19(4,5)6)20-11-9-7-8-10-15(3)13-17(20)21/h7-8,14-15H,9-13H2,1-6H3/q+1/b8-7-,20-16?/t15-/m0/s1. The molecule has 0 aromatic carbocycles. The van der Waals surface area contributed by atoms with E-state index in [2.05, 4.69) is 19.1 Å². The third-order valence-electron chi connectivity index (χ3n) is 3.61. The summed E-state index contributed by atoms with van der Waals surface area (Å²) in [6.07, 6.45) is 6.93. The molecule has 0 aromatic heterocycles. The minimum Gasteiger partial charge on any atom is -0.452 e. The van der Waals surface area contributed by atoms with E-state index in [1.807, 2.05) is 34.6 Å². The van der Waals surface area contributed by atoms with Gasteiger partial charge in [-0.15, -0.1) is 0 Å². The summed E-state index contributed by atoms with van der Waals surface area (Å²) in [5.74, 6) is 0.238. The van der Waals surface area contributed by atoms with Crippen molar-refractivity contribution in [2.75, 3.05) is 6.54 Å². The highest BCUT2D eigenvalue weighted by Gasteiger charge is 2.33. The van der Waals surface area contributed by atoms with Gasteiger partial charge in [0.05, 0.1) is 6.42 Å². The number of ether oxygens (including phenoxy) is 1. The van der Waals surface area contributed by atoms with Crippen molar-refractivity contribution in [2.45, 2.75) is 72.8 Å². The van der Waals surface area contributed by atoms with Gasteiger partial charge in [-0.25, -0.2) is 9.59 Å². The Morgan fingerprint density at radius 3 is 2.57 bits per heavy atom. The fourth-order valence-electron chi connectivity index (χ4n) is 2.58. The maximum absolute atomic E-state index is 12.7. The van der Waals surface area contributed by atoms with Crippen LogP contribution in [0.25, 0.3) is 0 Å². The fraction of sp³-hybridized carbons (Fsp3) is 0.737. The Kier molecular flexibility index (Phi) is 7.17. The smallest absolute Gasteiger partial charge is 0.399 e. The Hall–Kier alpha value is -1.45. The van der Waals surface area contributed by atoms with Crippen molar-refractivity contribution < 1.29 is 18.9 Å². The van der Waals surface area contributed by atoms with E-state index in [0.29, 0.717) is 31.0 Å². The number of allylic oxidation sites excluding steroid dienone is 1. The molecule has 0 saturated heterocycles. The molecule has 0 saturated carbocycles. The summed E-state index contributed by atoms with van der Waals surface area (Å²) in [5, 5.41) is 0. The third-order valence-corrected chi connectivity index (χ3v) is 3.61. The lowest BCUT2D eigenvalue weighted by atomic mass is 10.0. The van der Waals surface area contributed by atoms with Gasteiger partial charge < -0.3 is 4.74 Å². The minimum absolute atomic E-state index is 0.0303. The van der Waals surface area contributed by atoms with E-state index in [9.17, 15) is 9.59 Å². The van der Waals surface area contributed by atoms with Crippen molar-refractivity contribution in [1.82, 2.24) is 0 Å². The molecule has 1 aliphatic rings. The molecule has 1 rings (SSSR count). The lowest BCUT2D eigenvalue weighted by Crippen LogP contribution is -2.38. The predicted molar refractivity (Wildman–Crippen MR) is 92.6 cm³/mol. The molecule has 4 heteroatoms. The van der Waals surface area contributed by atoms with Crippen LogP contribution in [0.4, 0.5) is 0 Å². The zero-order valence-corrected chi connectivity index (χ0v) is 15.5. The van der Waals surface area contributed by atoms with Crippen LogP contribution in [0.3, 0.4) is 0 Å². The summed E-state index contributed by atoms with van der Waals surface area (Å²) in [6, 6.07) is 0. The molecular weight excluding hydrogens is 290 g/mol. The van der Waals surface area contributed by atoms with Gasteiger partial charge in [0.1, 0.15) is 5.60 Å². The van der Waals surface area contributed by atoms with Crippen LogP contribution in [-0.2, 0) is 14.3 Å². The van der Waals surface area contributed by atoms with Gasteiger partial charge in [-0.3, -0.25) is 0 Å². The summed E-state index contributed by atoms with van der Waals surface area (Å²) in [7, 11) is 0. The minimum atomic E-state index is -0.560. The average molecular weight is 322 g/mol. The first-order chi connectivity index (χ1) is 10.6. The van der Waals surface area contributed by atoms with Crippen LogP contribution >= 0.6 is 0 Å². The average Bonchev–Trinajstić information content (AvgIpc) is 2.44. The summed E-state index contributed by atoms with van der Waals surface area (Å²) < 4.78 is 7.21. The first kappa shape index (κ1) is 19.6. The van der Waals surface area contributed by atoms with Crippen molar-refractivity contribution in [2.24, 2.45) is 11.8 Å². The molecule has 1 atom stereocenters. The molecule has 1 amide bonds. The van der Waals surface area contributed by atoms with E-state index in [1.54, 1.807) is 4.58 Å². The van der Waals surface area contributed by atoms with Crippen LogP contribution in [0.1, 0.15) is 67.2 Å². The van der Waals surface area contributed by atoms with Crippen molar-refractivity contribution in [1.29, 1.82) is 0 Å². The molecule has 0 spiro atoms. The first-order valence-electron chi connectivity index (χ1n) is 8.64. The highest BCUT2D eigenvalue weighted by atomic mass is 16.6. The van der Waals surface area contributed by atoms with Crippen LogP contribution in [0.2, 0.25) is 0 Å². The Labute approximate surface area is 140 Å². The van der Waals surface area contributed by atoms with E-state index in [4.69, 9.17) is 4.74 Å². The number of nitrogens with zero attached hydrogens (tertiary/aromatic N) is 1. The number of esters is 1. The lowest BCUT2D eigenvalue weighted by molar-refractivity contribution is -0.450. The Morgan fingerprint density at radius 2 is 2.00 bits per heavy atom. The molecule has 1 heterocycles. The fourth-order valence-corrected chi connectivity index (χ4v) is 2.58. The quantitative estimate of drug-likeness (QED) is 0.452. The number of amides is 1. The highest BCUT2D eigenvalue weighted by molar-refractivity contribution is 6.35. The van der Waals surface area contributed by atoms with Gasteiger partial charge in [0.15, 0.2) is 6.54 Å². The molecule has 23 heavy (non-hydrogen) atoms. The molecule has 0 unspecified atom stereocenters. The van der Waals surface area contributed by atoms with E-state index < -0.39 is 5.60 Å². The Balaban J connectivity index is 3.20. The monoisotopic (exact) mass is 322 g/mol. The second kappa shape index (κ2) is 8.42. The molecule has 1 aliphatic heterocycles. The van der Waals surface area contributed by atoms with Crippen molar-refractivity contribution in [3.05, 3.63) is 12.2 Å². The maximum atomic E-state index is 12.7. The van der Waals surface area contributed by atoms with Gasteiger partial charge in [0, 0.05) is 12.8 Å². The van der Waals surface area contributed by atoms with E-state index >= 15 is 0 Å². The highest BCUT2D eigenvalue weighted by Crippen LogP contribution is 2.15. The molecule has 0 radical (unpaired) electrons. The summed E-state index contributed by atoms with van der Waals surface area (Å²) >= 11 is 0. The predicted octanol–water partition coefficient (Wildman–Crippen LogP) is 3.73. The van der Waals surface area contributed by atoms with Gasteiger partial charge in [-0.1, -0.05) is 32.9 Å². The number of hydrogen-bond donors (Lipinski definition) is 0. The van der Waals surface area contributed by atoms with Gasteiger partial charge in [-0.2, -0.15) is 4.58 Å². The van der Waals surface area contributed by atoms with Crippen LogP contribution in [0, 0.1) is 11.8 Å². The van der Waals surface area contributed by atoms with Crippen molar-refractivity contribution in [3.63, 3.8) is 0 Å². The summed E-state index contributed by atoms with van der Waals surface area (Å²) in [4.78, 5) is 25.3. The number of hydrogen-bond acceptors (Lipinski definition) is 3. The first-order valence-corrected chi connectivity index (χ1v) is 8.64. The van der Waals surface area contributed by atoms with E-state index in [1.165, 1.54) is 0 Å². The zero-order chi connectivity index (χ0) is 17.6. The Morgan fingerprint density at radius 1 is 1.35 bits per heavy atom. The van der Waals surface area contributed by atoms with Gasteiger partial charge in [0.25, 0.3) is 5.71 Å². The summed E-state index contributed by atoms with van der Waals surface area (Å²) in [5.41, 5.74) is -0.0581. The second-order valence-corrected chi connectivity index (χ2v) is 7.90. The number of carbonyl (C=O) groups excluding carboxylic acids is 2. The van der Waals surface area contributed by atoms with Crippen molar-refractivity contribution >= 4 is 17.6 Å². The number of carbonyl (C=O) groups is 2. The van der Waals surface area contributed by atoms with Gasteiger partial charge >= 0.3 is 11.9 Å². The van der Waals surface area contributed by atoms with Gasteiger partial charge in [-0.05, 0) is 39.0 Å². The topological polar surface area (TPSA) is 46.4 Å². The SMILES string of the molecule is CC(C)CC(C(=O)OC(C)(C)C)=[N+]1CC/C=C\C[C@H](C)CC1=O. The van der Waals surface area contributed by atoms with Crippen LogP contribution in [0.15, 0.2) is 12.2 Å². The third kappa shape index (κ3) is 7.10. The Bertz CT molecular complexity index is 495. The largest absolute Gasteiger partial charge is 0.452 e. The van der Waals surface area contributed by atoms with Crippen LogP contribution in [0.5, 0.6) is 0 Å². The molecule has 0 aromatic rings. The molecule has 0 fully saturated rings. The van der Waals surface area contributed by atoms with Crippen LogP contribution < -0.4 is 0 Å². The molecule has 0 aliphatic carbocycles. The molecule has 4 nitrogen and oxygen atoms in total. The molecule has 130 valence electrons. The lowest BCUT2D eigenvalue weighted by Gasteiger charge is -2.20. The van der Waals surface area contributed by atoms with Gasteiger partial charge in [0.2, 0.25) is 0 Å². The second-order valence-electron chi connectivity index (χ2n) is 7.90. The normalized spacial score (nSPS) is 23.8. The molecule has 0 bridgehead atoms. The zero-order valence-electron chi connectivity index (χ0n) is 15.5. The van der Waals surface area contributed by atoms with E-state index in [-0.39, 0.29) is 17.8 Å². The maximum Gasteiger partial charge on any atom is 0.399 e. The van der Waals surface area contributed by atoms with Crippen LogP contribution in [-0.4, -0.2) is 34.3 Å². The molecule has 0 N–H and O–H groups in total. The number of rotatable bonds is 3. The van der Waals surface area contributed by atoms with E-state index in [0.717, 1.165) is 12.8 Å². The van der Waals surface area contributed by atoms with Crippen molar-refractivity contribution in [3.8, 4) is 0 Å².